The van der Waals surface area contributed by atoms with Gasteiger partial charge in [0.2, 0.25) is 0 Å². The molecule has 1 aromatic carbocycles. The molecule has 108 valence electrons. The Morgan fingerprint density at radius 2 is 2.05 bits per heavy atom. The molecular weight excluding hydrogens is 258 g/mol. The molecule has 7 nitrogen and oxygen atoms in total. The lowest BCUT2D eigenvalue weighted by atomic mass is 10.1. The first-order valence-corrected chi connectivity index (χ1v) is 6.22. The highest BCUT2D eigenvalue weighted by Crippen LogP contribution is 2.30. The van der Waals surface area contributed by atoms with Crippen molar-refractivity contribution in [2.24, 2.45) is 0 Å². The standard InChI is InChI=1S/C13H19N5O2/c1-13(2,20-4)8-18-12(15-16-17-18)10-7-9(14)5-6-11(10)19-3/h5-7H,8,14H2,1-4H3. The summed E-state index contributed by atoms with van der Waals surface area (Å²) in [6.07, 6.45) is 0. The number of nitrogen functional groups attached to an aromatic ring is 1. The van der Waals surface area contributed by atoms with E-state index in [-0.39, 0.29) is 5.60 Å². The van der Waals surface area contributed by atoms with E-state index < -0.39 is 0 Å². The van der Waals surface area contributed by atoms with Gasteiger partial charge in [-0.25, -0.2) is 4.68 Å². The number of tetrazole rings is 1. The molecule has 0 bridgehead atoms. The molecule has 0 amide bonds. The van der Waals surface area contributed by atoms with E-state index in [9.17, 15) is 0 Å². The molecule has 0 radical (unpaired) electrons. The summed E-state index contributed by atoms with van der Waals surface area (Å²) in [4.78, 5) is 0. The maximum atomic E-state index is 5.83. The minimum absolute atomic E-state index is 0.377. The van der Waals surface area contributed by atoms with Crippen LogP contribution in [0.3, 0.4) is 0 Å². The number of hydrogen-bond acceptors (Lipinski definition) is 6. The van der Waals surface area contributed by atoms with Crippen molar-refractivity contribution in [1.29, 1.82) is 0 Å². The molecule has 1 heterocycles. The SMILES string of the molecule is COc1ccc(N)cc1-c1nnnn1CC(C)(C)OC. The van der Waals surface area contributed by atoms with Crippen molar-refractivity contribution >= 4 is 5.69 Å². The predicted molar refractivity (Wildman–Crippen MR) is 75.3 cm³/mol. The number of nitrogens with zero attached hydrogens (tertiary/aromatic N) is 4. The molecule has 2 N–H and O–H groups in total. The van der Waals surface area contributed by atoms with E-state index in [1.807, 2.05) is 13.8 Å². The third kappa shape index (κ3) is 2.88. The molecule has 0 spiro atoms. The normalized spacial score (nSPS) is 11.6. The number of ether oxygens (including phenoxy) is 2. The van der Waals surface area contributed by atoms with Gasteiger partial charge in [-0.3, -0.25) is 0 Å². The predicted octanol–water partition coefficient (Wildman–Crippen LogP) is 1.36. The summed E-state index contributed by atoms with van der Waals surface area (Å²) in [6, 6.07) is 5.36. The lowest BCUT2D eigenvalue weighted by Gasteiger charge is -2.22. The van der Waals surface area contributed by atoms with Gasteiger partial charge < -0.3 is 15.2 Å². The Labute approximate surface area is 117 Å². The lowest BCUT2D eigenvalue weighted by Crippen LogP contribution is -2.30. The molecule has 0 aliphatic rings. The zero-order chi connectivity index (χ0) is 14.8. The smallest absolute Gasteiger partial charge is 0.185 e. The Bertz CT molecular complexity index is 594. The van der Waals surface area contributed by atoms with Gasteiger partial charge >= 0.3 is 0 Å². The van der Waals surface area contributed by atoms with Gasteiger partial charge in [0.15, 0.2) is 5.82 Å². The first kappa shape index (κ1) is 14.3. The van der Waals surface area contributed by atoms with E-state index >= 15 is 0 Å². The summed E-state index contributed by atoms with van der Waals surface area (Å²) in [5, 5.41) is 11.8. The van der Waals surface area contributed by atoms with Crippen LogP contribution in [-0.4, -0.2) is 40.0 Å². The molecule has 0 saturated carbocycles. The fourth-order valence-electron chi connectivity index (χ4n) is 1.83. The highest BCUT2D eigenvalue weighted by molar-refractivity contribution is 5.68. The number of aromatic nitrogens is 4. The number of methoxy groups -OCH3 is 2. The summed E-state index contributed by atoms with van der Waals surface area (Å²) in [5.41, 5.74) is 6.84. The first-order valence-electron chi connectivity index (χ1n) is 6.22. The number of nitrogens with two attached hydrogens (primary N) is 1. The maximum absolute atomic E-state index is 5.83. The van der Waals surface area contributed by atoms with Crippen LogP contribution in [-0.2, 0) is 11.3 Å². The summed E-state index contributed by atoms with van der Waals surface area (Å²) in [7, 11) is 3.26. The van der Waals surface area contributed by atoms with Crippen molar-refractivity contribution in [2.75, 3.05) is 20.0 Å². The topological polar surface area (TPSA) is 88.1 Å². The Morgan fingerprint density at radius 1 is 1.30 bits per heavy atom. The summed E-state index contributed by atoms with van der Waals surface area (Å²) >= 11 is 0. The zero-order valence-electron chi connectivity index (χ0n) is 12.1. The molecule has 1 aromatic heterocycles. The van der Waals surface area contributed by atoms with Crippen LogP contribution in [0.5, 0.6) is 5.75 Å². The van der Waals surface area contributed by atoms with Gasteiger partial charge in [-0.2, -0.15) is 0 Å². The average molecular weight is 277 g/mol. The van der Waals surface area contributed by atoms with Crippen molar-refractivity contribution in [3.05, 3.63) is 18.2 Å². The summed E-state index contributed by atoms with van der Waals surface area (Å²) < 4.78 is 12.4. The zero-order valence-corrected chi connectivity index (χ0v) is 12.1. The highest BCUT2D eigenvalue weighted by Gasteiger charge is 2.22. The summed E-state index contributed by atoms with van der Waals surface area (Å²) in [6.45, 7) is 4.45. The molecule has 0 fully saturated rings. The fourth-order valence-corrected chi connectivity index (χ4v) is 1.83. The van der Waals surface area contributed by atoms with Crippen LogP contribution in [0.15, 0.2) is 18.2 Å². The van der Waals surface area contributed by atoms with Crippen LogP contribution >= 0.6 is 0 Å². The average Bonchev–Trinajstić information content (AvgIpc) is 2.86. The molecule has 0 saturated heterocycles. The minimum Gasteiger partial charge on any atom is -0.496 e. The Hall–Kier alpha value is -2.15. The maximum Gasteiger partial charge on any atom is 0.185 e. The van der Waals surface area contributed by atoms with Crippen molar-refractivity contribution in [3.8, 4) is 17.1 Å². The third-order valence-corrected chi connectivity index (χ3v) is 3.08. The van der Waals surface area contributed by atoms with E-state index in [2.05, 4.69) is 15.5 Å². The second-order valence-electron chi connectivity index (χ2n) is 5.08. The van der Waals surface area contributed by atoms with Crippen LogP contribution in [0.25, 0.3) is 11.4 Å². The van der Waals surface area contributed by atoms with E-state index in [1.165, 1.54) is 0 Å². The van der Waals surface area contributed by atoms with E-state index in [1.54, 1.807) is 37.1 Å². The van der Waals surface area contributed by atoms with E-state index in [0.29, 0.717) is 23.8 Å². The van der Waals surface area contributed by atoms with Crippen LogP contribution in [0.4, 0.5) is 5.69 Å². The first-order chi connectivity index (χ1) is 9.46. The molecule has 20 heavy (non-hydrogen) atoms. The molecule has 2 rings (SSSR count). The van der Waals surface area contributed by atoms with Crippen LogP contribution in [0, 0.1) is 0 Å². The lowest BCUT2D eigenvalue weighted by molar-refractivity contribution is 0.00538. The van der Waals surface area contributed by atoms with E-state index in [4.69, 9.17) is 15.2 Å². The highest BCUT2D eigenvalue weighted by atomic mass is 16.5. The van der Waals surface area contributed by atoms with E-state index in [0.717, 1.165) is 5.56 Å². The van der Waals surface area contributed by atoms with Crippen LogP contribution in [0.1, 0.15) is 13.8 Å². The molecule has 7 heteroatoms. The van der Waals surface area contributed by atoms with Gasteiger partial charge in [-0.1, -0.05) is 0 Å². The van der Waals surface area contributed by atoms with Gasteiger partial charge in [0.1, 0.15) is 5.75 Å². The van der Waals surface area contributed by atoms with Crippen LogP contribution < -0.4 is 10.5 Å². The minimum atomic E-state index is -0.377. The Balaban J connectivity index is 2.44. The second kappa shape index (κ2) is 5.46. The number of rotatable bonds is 5. The van der Waals surface area contributed by atoms with Gasteiger partial charge in [-0.05, 0) is 42.5 Å². The molecule has 0 unspecified atom stereocenters. The van der Waals surface area contributed by atoms with Gasteiger partial charge in [0.05, 0.1) is 24.8 Å². The summed E-state index contributed by atoms with van der Waals surface area (Å²) in [5.74, 6) is 1.27. The third-order valence-electron chi connectivity index (χ3n) is 3.08. The quantitative estimate of drug-likeness (QED) is 0.830. The monoisotopic (exact) mass is 277 g/mol. The van der Waals surface area contributed by atoms with Crippen molar-refractivity contribution in [1.82, 2.24) is 20.2 Å². The number of anilines is 1. The number of benzene rings is 1. The Kier molecular flexibility index (Phi) is 3.89. The van der Waals surface area contributed by atoms with Gasteiger partial charge in [0.25, 0.3) is 0 Å². The molecule has 0 atom stereocenters. The van der Waals surface area contributed by atoms with Crippen molar-refractivity contribution in [2.45, 2.75) is 26.0 Å². The molecule has 0 aliphatic carbocycles. The van der Waals surface area contributed by atoms with Gasteiger partial charge in [0, 0.05) is 12.8 Å². The number of hydrogen-bond donors (Lipinski definition) is 1. The Morgan fingerprint density at radius 3 is 2.70 bits per heavy atom. The molecule has 2 aromatic rings. The van der Waals surface area contributed by atoms with Crippen molar-refractivity contribution in [3.63, 3.8) is 0 Å². The molecule has 0 aliphatic heterocycles. The largest absolute Gasteiger partial charge is 0.496 e. The second-order valence-corrected chi connectivity index (χ2v) is 5.08. The van der Waals surface area contributed by atoms with Crippen molar-refractivity contribution < 1.29 is 9.47 Å². The van der Waals surface area contributed by atoms with Crippen LogP contribution in [0.2, 0.25) is 0 Å². The fraction of sp³-hybridized carbons (Fsp3) is 0.462. The van der Waals surface area contributed by atoms with Gasteiger partial charge in [-0.15, -0.1) is 5.10 Å². The molecular formula is C13H19N5O2.